The first-order valence-corrected chi connectivity index (χ1v) is 9.93. The fraction of sp³-hybridized carbons (Fsp3) is 0.167. The molecule has 0 saturated heterocycles. The zero-order valence-electron chi connectivity index (χ0n) is 17.8. The van der Waals surface area contributed by atoms with Gasteiger partial charge in [-0.2, -0.15) is 0 Å². The van der Waals surface area contributed by atoms with E-state index in [9.17, 15) is 9.59 Å². The van der Waals surface area contributed by atoms with Crippen LogP contribution in [0.25, 0.3) is 11.0 Å². The molecule has 162 valence electrons. The van der Waals surface area contributed by atoms with Crippen molar-refractivity contribution in [2.24, 2.45) is 0 Å². The summed E-state index contributed by atoms with van der Waals surface area (Å²) in [6.07, 6.45) is 0. The lowest BCUT2D eigenvalue weighted by atomic mass is 10.1. The van der Waals surface area contributed by atoms with E-state index in [1.165, 1.54) is 6.07 Å². The summed E-state index contributed by atoms with van der Waals surface area (Å²) in [5.41, 5.74) is 3.03. The first kappa shape index (κ1) is 21.0. The second-order valence-corrected chi connectivity index (χ2v) is 7.30. The maximum Gasteiger partial charge on any atom is 0.336 e. The Bertz CT molecular complexity index is 1330. The molecule has 1 amide bonds. The largest absolute Gasteiger partial charge is 0.484 e. The molecule has 4 rings (SSSR count). The molecule has 0 fully saturated rings. The van der Waals surface area contributed by atoms with Crippen LogP contribution in [-0.4, -0.2) is 22.5 Å². The highest BCUT2D eigenvalue weighted by atomic mass is 16.5. The minimum Gasteiger partial charge on any atom is -0.484 e. The number of hydrogen-bond donors (Lipinski definition) is 1. The highest BCUT2D eigenvalue weighted by Gasteiger charge is 2.08. The fourth-order valence-electron chi connectivity index (χ4n) is 3.19. The summed E-state index contributed by atoms with van der Waals surface area (Å²) in [5.74, 6) is 0.651. The molecule has 8 nitrogen and oxygen atoms in total. The van der Waals surface area contributed by atoms with Crippen LogP contribution in [0.1, 0.15) is 17.0 Å². The Morgan fingerprint density at radius 3 is 2.34 bits per heavy atom. The summed E-state index contributed by atoms with van der Waals surface area (Å²) in [6.45, 7) is 5.38. The lowest BCUT2D eigenvalue weighted by Crippen LogP contribution is -2.20. The molecular weight excluding hydrogens is 410 g/mol. The van der Waals surface area contributed by atoms with E-state index in [0.717, 1.165) is 22.3 Å². The van der Waals surface area contributed by atoms with E-state index >= 15 is 0 Å². The molecule has 0 aliphatic rings. The molecule has 32 heavy (non-hydrogen) atoms. The van der Waals surface area contributed by atoms with Gasteiger partial charge in [0.2, 0.25) is 0 Å². The Kier molecular flexibility index (Phi) is 5.85. The van der Waals surface area contributed by atoms with E-state index in [2.05, 4.69) is 15.3 Å². The number of rotatable bonds is 6. The zero-order chi connectivity index (χ0) is 22.7. The molecular formula is C24H21N3O5. The zero-order valence-corrected chi connectivity index (χ0v) is 17.8. The van der Waals surface area contributed by atoms with Gasteiger partial charge in [0.1, 0.15) is 17.1 Å². The predicted octanol–water partition coefficient (Wildman–Crippen LogP) is 4.32. The lowest BCUT2D eigenvalue weighted by molar-refractivity contribution is -0.118. The van der Waals surface area contributed by atoms with Crippen LogP contribution < -0.4 is 20.4 Å². The number of carbonyl (C=O) groups is 1. The molecule has 2 aromatic heterocycles. The Morgan fingerprint density at radius 2 is 1.62 bits per heavy atom. The second kappa shape index (κ2) is 8.89. The van der Waals surface area contributed by atoms with Crippen molar-refractivity contribution >= 4 is 22.6 Å². The predicted molar refractivity (Wildman–Crippen MR) is 119 cm³/mol. The van der Waals surface area contributed by atoms with Crippen molar-refractivity contribution in [1.29, 1.82) is 0 Å². The standard InChI is InChI=1S/C24H21N3O5/c1-14-10-23(29)32-21-12-19(8-9-20(14)21)30-13-22(28)27-17-4-6-18(7-5-17)31-24-25-15(2)11-16(3)26-24/h4-12H,13H2,1-3H3,(H,27,28). The number of anilines is 1. The van der Waals surface area contributed by atoms with E-state index in [4.69, 9.17) is 13.9 Å². The number of nitrogens with one attached hydrogen (secondary N) is 1. The molecule has 1 N–H and O–H groups in total. The molecule has 0 atom stereocenters. The SMILES string of the molecule is Cc1cc(C)nc(Oc2ccc(NC(=O)COc3ccc4c(C)cc(=O)oc4c3)cc2)n1. The molecule has 0 unspecified atom stereocenters. The van der Waals surface area contributed by atoms with Crippen molar-refractivity contribution < 1.29 is 18.7 Å². The van der Waals surface area contributed by atoms with Crippen LogP contribution in [0.3, 0.4) is 0 Å². The minimum atomic E-state index is -0.429. The number of aromatic nitrogens is 2. The quantitative estimate of drug-likeness (QED) is 0.454. The molecule has 0 saturated carbocycles. The number of benzene rings is 2. The first-order valence-electron chi connectivity index (χ1n) is 9.93. The average Bonchev–Trinajstić information content (AvgIpc) is 2.72. The summed E-state index contributed by atoms with van der Waals surface area (Å²) in [7, 11) is 0. The van der Waals surface area contributed by atoms with Gasteiger partial charge in [-0.15, -0.1) is 0 Å². The third-order valence-electron chi connectivity index (χ3n) is 4.60. The van der Waals surface area contributed by atoms with Crippen LogP contribution in [0, 0.1) is 20.8 Å². The number of hydrogen-bond acceptors (Lipinski definition) is 7. The molecule has 0 spiro atoms. The molecule has 0 aliphatic heterocycles. The normalized spacial score (nSPS) is 10.7. The number of aryl methyl sites for hydroxylation is 3. The maximum absolute atomic E-state index is 12.2. The van der Waals surface area contributed by atoms with Gasteiger partial charge in [0, 0.05) is 34.6 Å². The van der Waals surface area contributed by atoms with Gasteiger partial charge in [0.25, 0.3) is 5.91 Å². The Hall–Kier alpha value is -4.20. The van der Waals surface area contributed by atoms with E-state index in [1.54, 1.807) is 42.5 Å². The number of ether oxygens (including phenoxy) is 2. The van der Waals surface area contributed by atoms with Gasteiger partial charge >= 0.3 is 11.6 Å². The van der Waals surface area contributed by atoms with E-state index in [-0.39, 0.29) is 18.5 Å². The number of amides is 1. The third-order valence-corrected chi connectivity index (χ3v) is 4.60. The van der Waals surface area contributed by atoms with Gasteiger partial charge in [-0.05, 0) is 68.8 Å². The van der Waals surface area contributed by atoms with Crippen LogP contribution in [0.2, 0.25) is 0 Å². The molecule has 0 bridgehead atoms. The van der Waals surface area contributed by atoms with Crippen molar-refractivity contribution in [3.8, 4) is 17.5 Å². The van der Waals surface area contributed by atoms with Crippen molar-refractivity contribution in [1.82, 2.24) is 9.97 Å². The summed E-state index contributed by atoms with van der Waals surface area (Å²) in [6, 6.07) is 15.5. The summed E-state index contributed by atoms with van der Waals surface area (Å²) >= 11 is 0. The Balaban J connectivity index is 1.35. The minimum absolute atomic E-state index is 0.198. The molecule has 4 aromatic rings. The van der Waals surface area contributed by atoms with E-state index < -0.39 is 5.63 Å². The van der Waals surface area contributed by atoms with Crippen LogP contribution in [0.4, 0.5) is 5.69 Å². The van der Waals surface area contributed by atoms with Gasteiger partial charge in [0.05, 0.1) is 0 Å². The Labute approximate surface area is 183 Å². The smallest absolute Gasteiger partial charge is 0.336 e. The monoisotopic (exact) mass is 431 g/mol. The van der Waals surface area contributed by atoms with Gasteiger partial charge in [-0.25, -0.2) is 14.8 Å². The van der Waals surface area contributed by atoms with Crippen LogP contribution in [0.15, 0.2) is 63.8 Å². The average molecular weight is 431 g/mol. The highest BCUT2D eigenvalue weighted by molar-refractivity contribution is 5.92. The van der Waals surface area contributed by atoms with Crippen LogP contribution in [-0.2, 0) is 4.79 Å². The van der Waals surface area contributed by atoms with Gasteiger partial charge in [-0.1, -0.05) is 0 Å². The summed E-state index contributed by atoms with van der Waals surface area (Å²) < 4.78 is 16.4. The molecule has 2 heterocycles. The van der Waals surface area contributed by atoms with Crippen LogP contribution >= 0.6 is 0 Å². The molecule has 8 heteroatoms. The summed E-state index contributed by atoms with van der Waals surface area (Å²) in [4.78, 5) is 32.3. The van der Waals surface area contributed by atoms with Gasteiger partial charge in [0.15, 0.2) is 6.61 Å². The van der Waals surface area contributed by atoms with E-state index in [1.807, 2.05) is 26.8 Å². The highest BCUT2D eigenvalue weighted by Crippen LogP contribution is 2.23. The number of fused-ring (bicyclic) bond motifs is 1. The number of nitrogens with zero attached hydrogens (tertiary/aromatic N) is 2. The second-order valence-electron chi connectivity index (χ2n) is 7.30. The lowest BCUT2D eigenvalue weighted by Gasteiger charge is -2.09. The maximum atomic E-state index is 12.2. The molecule has 0 aliphatic carbocycles. The van der Waals surface area contributed by atoms with Crippen LogP contribution in [0.5, 0.6) is 17.5 Å². The Morgan fingerprint density at radius 1 is 0.938 bits per heavy atom. The van der Waals surface area contributed by atoms with Crippen molar-refractivity contribution in [2.75, 3.05) is 11.9 Å². The van der Waals surface area contributed by atoms with Crippen molar-refractivity contribution in [3.05, 3.63) is 82.0 Å². The van der Waals surface area contributed by atoms with Crippen molar-refractivity contribution in [2.45, 2.75) is 20.8 Å². The summed E-state index contributed by atoms with van der Waals surface area (Å²) in [5, 5.41) is 3.57. The molecule has 0 radical (unpaired) electrons. The van der Waals surface area contributed by atoms with Gasteiger partial charge < -0.3 is 19.2 Å². The number of carbonyl (C=O) groups excluding carboxylic acids is 1. The third kappa shape index (κ3) is 5.10. The topological polar surface area (TPSA) is 104 Å². The van der Waals surface area contributed by atoms with Gasteiger partial charge in [-0.3, -0.25) is 4.79 Å². The van der Waals surface area contributed by atoms with E-state index in [0.29, 0.717) is 22.8 Å². The fourth-order valence-corrected chi connectivity index (χ4v) is 3.19. The van der Waals surface area contributed by atoms with Crippen molar-refractivity contribution in [3.63, 3.8) is 0 Å². The first-order chi connectivity index (χ1) is 15.4. The molecule has 2 aromatic carbocycles.